The second-order valence-corrected chi connectivity index (χ2v) is 4.01. The quantitative estimate of drug-likeness (QED) is 0.650. The SMILES string of the molecule is O=[N+]([O-])c1ccc(O[C@@H]2CCNC2)c(Cl)c1. The first-order valence-corrected chi connectivity index (χ1v) is 5.36. The first-order chi connectivity index (χ1) is 7.66. The van der Waals surface area contributed by atoms with Crippen LogP contribution in [-0.2, 0) is 0 Å². The minimum absolute atomic E-state index is 0.0260. The van der Waals surface area contributed by atoms with Crippen LogP contribution in [0, 0.1) is 10.1 Å². The zero-order valence-corrected chi connectivity index (χ0v) is 9.24. The molecule has 6 heteroatoms. The standard InChI is InChI=1S/C10H11ClN2O3/c11-9-5-7(13(14)15)1-2-10(9)16-8-3-4-12-6-8/h1-2,5,8,12H,3-4,6H2/t8-/m1/s1. The van der Waals surface area contributed by atoms with E-state index in [4.69, 9.17) is 16.3 Å². The summed E-state index contributed by atoms with van der Waals surface area (Å²) < 4.78 is 5.62. The van der Waals surface area contributed by atoms with Gasteiger partial charge < -0.3 is 10.1 Å². The highest BCUT2D eigenvalue weighted by Gasteiger charge is 2.18. The Morgan fingerprint density at radius 1 is 1.56 bits per heavy atom. The molecule has 5 nitrogen and oxygen atoms in total. The van der Waals surface area contributed by atoms with Gasteiger partial charge in [0.1, 0.15) is 11.9 Å². The summed E-state index contributed by atoms with van der Waals surface area (Å²) in [7, 11) is 0. The molecule has 1 heterocycles. The van der Waals surface area contributed by atoms with Crippen LogP contribution in [-0.4, -0.2) is 24.1 Å². The summed E-state index contributed by atoms with van der Waals surface area (Å²) in [5, 5.41) is 13.9. The van der Waals surface area contributed by atoms with Gasteiger partial charge in [-0.3, -0.25) is 10.1 Å². The fourth-order valence-electron chi connectivity index (χ4n) is 1.61. The lowest BCUT2D eigenvalue weighted by atomic mass is 10.3. The number of nitro groups is 1. The smallest absolute Gasteiger partial charge is 0.271 e. The van der Waals surface area contributed by atoms with Gasteiger partial charge in [0.2, 0.25) is 0 Å². The number of nitro benzene ring substituents is 1. The molecular weight excluding hydrogens is 232 g/mol. The van der Waals surface area contributed by atoms with Crippen LogP contribution in [0.2, 0.25) is 5.02 Å². The van der Waals surface area contributed by atoms with Gasteiger partial charge >= 0.3 is 0 Å². The van der Waals surface area contributed by atoms with Crippen molar-refractivity contribution in [1.82, 2.24) is 5.32 Å². The Labute approximate surface area is 97.5 Å². The average Bonchev–Trinajstić information content (AvgIpc) is 2.73. The first-order valence-electron chi connectivity index (χ1n) is 4.98. The van der Waals surface area contributed by atoms with Gasteiger partial charge in [0, 0.05) is 18.7 Å². The monoisotopic (exact) mass is 242 g/mol. The maximum absolute atomic E-state index is 10.5. The number of hydrogen-bond acceptors (Lipinski definition) is 4. The van der Waals surface area contributed by atoms with Crippen LogP contribution in [0.15, 0.2) is 18.2 Å². The molecule has 1 aliphatic rings. The summed E-state index contributed by atoms with van der Waals surface area (Å²) in [4.78, 5) is 10.0. The summed E-state index contributed by atoms with van der Waals surface area (Å²) in [6, 6.07) is 4.24. The lowest BCUT2D eigenvalue weighted by molar-refractivity contribution is -0.384. The molecule has 1 atom stereocenters. The molecule has 16 heavy (non-hydrogen) atoms. The van der Waals surface area contributed by atoms with E-state index in [2.05, 4.69) is 5.32 Å². The molecule has 1 aromatic rings. The molecule has 2 rings (SSSR count). The molecule has 0 aromatic heterocycles. The predicted octanol–water partition coefficient (Wildman–Crippen LogP) is 1.99. The van der Waals surface area contributed by atoms with E-state index in [9.17, 15) is 10.1 Å². The van der Waals surface area contributed by atoms with Crippen molar-refractivity contribution in [2.75, 3.05) is 13.1 Å². The summed E-state index contributed by atoms with van der Waals surface area (Å²) in [6.07, 6.45) is 1.02. The second-order valence-electron chi connectivity index (χ2n) is 3.60. The molecule has 1 aromatic carbocycles. The molecule has 0 unspecified atom stereocenters. The van der Waals surface area contributed by atoms with Gasteiger partial charge in [0.05, 0.1) is 9.95 Å². The normalized spacial score (nSPS) is 19.7. The summed E-state index contributed by atoms with van der Waals surface area (Å²) in [6.45, 7) is 1.71. The Hall–Kier alpha value is -1.33. The third kappa shape index (κ3) is 2.43. The molecule has 0 radical (unpaired) electrons. The summed E-state index contributed by atoms with van der Waals surface area (Å²) >= 11 is 5.90. The topological polar surface area (TPSA) is 64.4 Å². The minimum Gasteiger partial charge on any atom is -0.487 e. The van der Waals surface area contributed by atoms with Crippen molar-refractivity contribution in [2.45, 2.75) is 12.5 Å². The van der Waals surface area contributed by atoms with Crippen molar-refractivity contribution >= 4 is 17.3 Å². The Bertz CT molecular complexity index is 405. The fraction of sp³-hybridized carbons (Fsp3) is 0.400. The highest BCUT2D eigenvalue weighted by molar-refractivity contribution is 6.32. The van der Waals surface area contributed by atoms with Crippen molar-refractivity contribution in [1.29, 1.82) is 0 Å². The zero-order valence-electron chi connectivity index (χ0n) is 8.48. The molecule has 86 valence electrons. The highest BCUT2D eigenvalue weighted by atomic mass is 35.5. The van der Waals surface area contributed by atoms with Crippen LogP contribution in [0.3, 0.4) is 0 Å². The summed E-state index contributed by atoms with van der Waals surface area (Å²) in [5.41, 5.74) is -0.0260. The minimum atomic E-state index is -0.479. The van der Waals surface area contributed by atoms with E-state index in [0.717, 1.165) is 19.5 Å². The number of rotatable bonds is 3. The molecule has 1 saturated heterocycles. The molecule has 0 amide bonds. The van der Waals surface area contributed by atoms with Crippen molar-refractivity contribution in [2.24, 2.45) is 0 Å². The second kappa shape index (κ2) is 4.67. The number of ether oxygens (including phenoxy) is 1. The van der Waals surface area contributed by atoms with E-state index in [1.54, 1.807) is 6.07 Å². The van der Waals surface area contributed by atoms with Crippen molar-refractivity contribution in [3.8, 4) is 5.75 Å². The van der Waals surface area contributed by atoms with Crippen molar-refractivity contribution < 1.29 is 9.66 Å². The van der Waals surface area contributed by atoms with E-state index in [1.165, 1.54) is 12.1 Å². The van der Waals surface area contributed by atoms with E-state index in [-0.39, 0.29) is 16.8 Å². The molecule has 0 aliphatic carbocycles. The lowest BCUT2D eigenvalue weighted by Crippen LogP contribution is -2.19. The predicted molar refractivity (Wildman–Crippen MR) is 60.0 cm³/mol. The molecule has 0 spiro atoms. The van der Waals surface area contributed by atoms with Crippen LogP contribution >= 0.6 is 11.6 Å². The summed E-state index contributed by atoms with van der Waals surface area (Å²) in [5.74, 6) is 0.501. The third-order valence-corrected chi connectivity index (χ3v) is 2.73. The van der Waals surface area contributed by atoms with Gasteiger partial charge in [-0.05, 0) is 19.0 Å². The van der Waals surface area contributed by atoms with Crippen LogP contribution in [0.4, 0.5) is 5.69 Å². The number of nitrogens with zero attached hydrogens (tertiary/aromatic N) is 1. The molecule has 1 fully saturated rings. The van der Waals surface area contributed by atoms with E-state index >= 15 is 0 Å². The average molecular weight is 243 g/mol. The van der Waals surface area contributed by atoms with Crippen molar-refractivity contribution in [3.63, 3.8) is 0 Å². The van der Waals surface area contributed by atoms with Crippen LogP contribution in [0.5, 0.6) is 5.75 Å². The molecular formula is C10H11ClN2O3. The van der Waals surface area contributed by atoms with Gasteiger partial charge in [-0.15, -0.1) is 0 Å². The van der Waals surface area contributed by atoms with Gasteiger partial charge in [0.25, 0.3) is 5.69 Å². The number of benzene rings is 1. The van der Waals surface area contributed by atoms with Gasteiger partial charge in [-0.25, -0.2) is 0 Å². The molecule has 1 N–H and O–H groups in total. The highest BCUT2D eigenvalue weighted by Crippen LogP contribution is 2.29. The van der Waals surface area contributed by atoms with E-state index < -0.39 is 4.92 Å². The number of nitrogens with one attached hydrogen (secondary N) is 1. The van der Waals surface area contributed by atoms with Crippen LogP contribution in [0.1, 0.15) is 6.42 Å². The first kappa shape index (κ1) is 11.2. The largest absolute Gasteiger partial charge is 0.487 e. The number of hydrogen-bond donors (Lipinski definition) is 1. The van der Waals surface area contributed by atoms with Crippen molar-refractivity contribution in [3.05, 3.63) is 33.3 Å². The van der Waals surface area contributed by atoms with E-state index in [1.807, 2.05) is 0 Å². The number of halogens is 1. The zero-order chi connectivity index (χ0) is 11.5. The van der Waals surface area contributed by atoms with E-state index in [0.29, 0.717) is 5.75 Å². The van der Waals surface area contributed by atoms with Gasteiger partial charge in [-0.1, -0.05) is 11.6 Å². The Kier molecular flexibility index (Phi) is 3.26. The van der Waals surface area contributed by atoms with Gasteiger partial charge in [-0.2, -0.15) is 0 Å². The van der Waals surface area contributed by atoms with Crippen LogP contribution < -0.4 is 10.1 Å². The Morgan fingerprint density at radius 3 is 2.94 bits per heavy atom. The Balaban J connectivity index is 2.12. The van der Waals surface area contributed by atoms with Crippen LogP contribution in [0.25, 0.3) is 0 Å². The molecule has 0 saturated carbocycles. The number of non-ortho nitro benzene ring substituents is 1. The maximum atomic E-state index is 10.5. The lowest BCUT2D eigenvalue weighted by Gasteiger charge is -2.13. The third-order valence-electron chi connectivity index (χ3n) is 2.44. The molecule has 0 bridgehead atoms. The maximum Gasteiger partial charge on any atom is 0.271 e. The fourth-order valence-corrected chi connectivity index (χ4v) is 1.83. The molecule has 1 aliphatic heterocycles. The Morgan fingerprint density at radius 2 is 2.38 bits per heavy atom. The van der Waals surface area contributed by atoms with Gasteiger partial charge in [0.15, 0.2) is 0 Å².